The van der Waals surface area contributed by atoms with E-state index < -0.39 is 0 Å². The largest absolute Gasteiger partial charge is 0.496 e. The van der Waals surface area contributed by atoms with E-state index in [1.165, 1.54) is 6.07 Å². The summed E-state index contributed by atoms with van der Waals surface area (Å²) in [7, 11) is 1.58. The minimum Gasteiger partial charge on any atom is -0.496 e. The van der Waals surface area contributed by atoms with E-state index in [-0.39, 0.29) is 11.7 Å². The maximum absolute atomic E-state index is 15.1. The molecule has 5 rings (SSSR count). The molecule has 1 aromatic carbocycles. The van der Waals surface area contributed by atoms with Crippen molar-refractivity contribution in [3.8, 4) is 28.0 Å². The van der Waals surface area contributed by atoms with Gasteiger partial charge in [0.1, 0.15) is 22.7 Å². The molecule has 0 saturated carbocycles. The highest BCUT2D eigenvalue weighted by Crippen LogP contribution is 2.36. The second-order valence-electron chi connectivity index (χ2n) is 8.00. The van der Waals surface area contributed by atoms with Crippen molar-refractivity contribution in [3.63, 3.8) is 0 Å². The average Bonchev–Trinajstić information content (AvgIpc) is 3.42. The number of benzene rings is 1. The zero-order chi connectivity index (χ0) is 22.4. The van der Waals surface area contributed by atoms with E-state index in [9.17, 15) is 0 Å². The molecule has 0 aliphatic rings. The zero-order valence-electron chi connectivity index (χ0n) is 18.4. The van der Waals surface area contributed by atoms with Crippen molar-refractivity contribution in [2.45, 2.75) is 33.2 Å². The number of aromatic nitrogens is 6. The molecule has 0 spiro atoms. The molecule has 4 aromatic heterocycles. The Morgan fingerprint density at radius 1 is 1.09 bits per heavy atom. The van der Waals surface area contributed by atoms with Crippen LogP contribution in [0.5, 0.6) is 5.75 Å². The van der Waals surface area contributed by atoms with Crippen LogP contribution in [0.3, 0.4) is 0 Å². The van der Waals surface area contributed by atoms with Crippen LogP contribution in [0.4, 0.5) is 4.39 Å². The Morgan fingerprint density at radius 3 is 2.69 bits per heavy atom. The number of ether oxygens (including phenoxy) is 1. The van der Waals surface area contributed by atoms with Crippen LogP contribution < -0.4 is 4.74 Å². The molecule has 0 bridgehead atoms. The van der Waals surface area contributed by atoms with Crippen molar-refractivity contribution in [1.29, 1.82) is 0 Å². The van der Waals surface area contributed by atoms with Gasteiger partial charge in [-0.15, -0.1) is 5.10 Å². The molecule has 0 saturated heterocycles. The third-order valence-electron chi connectivity index (χ3n) is 5.70. The summed E-state index contributed by atoms with van der Waals surface area (Å²) >= 11 is 0. The van der Waals surface area contributed by atoms with Gasteiger partial charge in [0.25, 0.3) is 0 Å². The standard InChI is InChI=1S/C24H23FN6O/c1-5-30-13-26-23-17(10-27-29-24(23)30)15-6-7-19(25)16(8-15)18-11-31-12-20(14(2)3)28-22(31)9-21(18)32-4/h6-14H,5H2,1-4H3. The number of pyridine rings is 1. The van der Waals surface area contributed by atoms with Crippen LogP contribution >= 0.6 is 0 Å². The molecule has 0 aliphatic heterocycles. The van der Waals surface area contributed by atoms with Gasteiger partial charge in [0.2, 0.25) is 0 Å². The van der Waals surface area contributed by atoms with Crippen molar-refractivity contribution in [1.82, 2.24) is 29.1 Å². The summed E-state index contributed by atoms with van der Waals surface area (Å²) in [5.74, 6) is 0.504. The lowest BCUT2D eigenvalue weighted by atomic mass is 9.99. The molecule has 0 N–H and O–H groups in total. The maximum atomic E-state index is 15.1. The lowest BCUT2D eigenvalue weighted by Crippen LogP contribution is -1.97. The Balaban J connectivity index is 1.70. The molecule has 7 nitrogen and oxygen atoms in total. The number of fused-ring (bicyclic) bond motifs is 2. The summed E-state index contributed by atoms with van der Waals surface area (Å²) in [6.45, 7) is 6.94. The summed E-state index contributed by atoms with van der Waals surface area (Å²) in [4.78, 5) is 9.17. The molecule has 0 radical (unpaired) electrons. The minimum atomic E-state index is -0.340. The smallest absolute Gasteiger partial charge is 0.183 e. The first-order valence-electron chi connectivity index (χ1n) is 10.5. The Kier molecular flexibility index (Phi) is 4.84. The number of hydrogen-bond acceptors (Lipinski definition) is 5. The zero-order valence-corrected chi connectivity index (χ0v) is 18.4. The molecule has 0 aliphatic carbocycles. The van der Waals surface area contributed by atoms with E-state index in [0.717, 1.165) is 34.5 Å². The molecular formula is C24H23FN6O. The first-order chi connectivity index (χ1) is 15.5. The number of aryl methyl sites for hydroxylation is 1. The number of halogens is 1. The highest BCUT2D eigenvalue weighted by atomic mass is 19.1. The fraction of sp³-hybridized carbons (Fsp3) is 0.250. The van der Waals surface area contributed by atoms with Crippen LogP contribution in [-0.4, -0.2) is 36.2 Å². The predicted molar refractivity (Wildman–Crippen MR) is 121 cm³/mol. The van der Waals surface area contributed by atoms with Gasteiger partial charge in [0, 0.05) is 41.7 Å². The highest BCUT2D eigenvalue weighted by molar-refractivity contribution is 5.90. The van der Waals surface area contributed by atoms with Crippen LogP contribution in [0, 0.1) is 5.82 Å². The van der Waals surface area contributed by atoms with Crippen molar-refractivity contribution in [3.05, 3.63) is 60.7 Å². The topological polar surface area (TPSA) is 70.1 Å². The molecule has 0 atom stereocenters. The highest BCUT2D eigenvalue weighted by Gasteiger charge is 2.17. The molecule has 8 heteroatoms. The van der Waals surface area contributed by atoms with Crippen LogP contribution in [0.15, 0.2) is 49.2 Å². The normalized spacial score (nSPS) is 11.7. The number of hydrogen-bond donors (Lipinski definition) is 0. The second kappa shape index (κ2) is 7.71. The van der Waals surface area contributed by atoms with Gasteiger partial charge in [-0.2, -0.15) is 5.10 Å². The Bertz CT molecular complexity index is 1450. The van der Waals surface area contributed by atoms with Crippen molar-refractivity contribution < 1.29 is 9.13 Å². The summed E-state index contributed by atoms with van der Waals surface area (Å²) in [6.07, 6.45) is 7.24. The van der Waals surface area contributed by atoms with Gasteiger partial charge in [-0.3, -0.25) is 0 Å². The summed E-state index contributed by atoms with van der Waals surface area (Å²) in [6, 6.07) is 6.84. The van der Waals surface area contributed by atoms with Gasteiger partial charge in [-0.1, -0.05) is 19.9 Å². The number of imidazole rings is 2. The van der Waals surface area contributed by atoms with Crippen LogP contribution in [-0.2, 0) is 6.54 Å². The minimum absolute atomic E-state index is 0.286. The predicted octanol–water partition coefficient (Wildman–Crippen LogP) is 5.10. The van der Waals surface area contributed by atoms with E-state index in [4.69, 9.17) is 4.74 Å². The van der Waals surface area contributed by atoms with E-state index >= 15 is 4.39 Å². The fourth-order valence-corrected chi connectivity index (χ4v) is 3.90. The van der Waals surface area contributed by atoms with Gasteiger partial charge in [-0.25, -0.2) is 14.4 Å². The fourth-order valence-electron chi connectivity index (χ4n) is 3.90. The second-order valence-corrected chi connectivity index (χ2v) is 8.00. The molecular weight excluding hydrogens is 407 g/mol. The molecule has 0 unspecified atom stereocenters. The molecule has 162 valence electrons. The SMILES string of the molecule is CCn1cnc2c(-c3ccc(F)c(-c4cn5cc(C(C)C)nc5cc4OC)c3)cnnc21. The van der Waals surface area contributed by atoms with Gasteiger partial charge in [0.15, 0.2) is 5.65 Å². The molecule has 0 fully saturated rings. The lowest BCUT2D eigenvalue weighted by Gasteiger charge is -2.12. The Labute approximate surface area is 184 Å². The molecule has 0 amide bonds. The number of rotatable bonds is 5. The van der Waals surface area contributed by atoms with Gasteiger partial charge in [-0.05, 0) is 30.5 Å². The first kappa shape index (κ1) is 20.1. The van der Waals surface area contributed by atoms with E-state index in [1.54, 1.807) is 31.8 Å². The summed E-state index contributed by atoms with van der Waals surface area (Å²) in [5, 5.41) is 8.37. The summed E-state index contributed by atoms with van der Waals surface area (Å²) in [5.41, 5.74) is 5.84. The Hall–Kier alpha value is -3.81. The molecule has 5 aromatic rings. The number of nitrogens with zero attached hydrogens (tertiary/aromatic N) is 6. The van der Waals surface area contributed by atoms with Crippen molar-refractivity contribution in [2.75, 3.05) is 7.11 Å². The Morgan fingerprint density at radius 2 is 1.94 bits per heavy atom. The molecule has 4 heterocycles. The van der Waals surface area contributed by atoms with Crippen LogP contribution in [0.25, 0.3) is 39.1 Å². The van der Waals surface area contributed by atoms with E-state index in [2.05, 4.69) is 34.0 Å². The third kappa shape index (κ3) is 3.19. The van der Waals surface area contributed by atoms with E-state index in [0.29, 0.717) is 22.5 Å². The average molecular weight is 430 g/mol. The van der Waals surface area contributed by atoms with Crippen molar-refractivity contribution in [2.24, 2.45) is 0 Å². The number of methoxy groups -OCH3 is 1. The van der Waals surface area contributed by atoms with Gasteiger partial charge < -0.3 is 13.7 Å². The quantitative estimate of drug-likeness (QED) is 0.388. The van der Waals surface area contributed by atoms with Crippen LogP contribution in [0.2, 0.25) is 0 Å². The van der Waals surface area contributed by atoms with E-state index in [1.807, 2.05) is 34.4 Å². The third-order valence-corrected chi connectivity index (χ3v) is 5.70. The monoisotopic (exact) mass is 430 g/mol. The van der Waals surface area contributed by atoms with Gasteiger partial charge in [0.05, 0.1) is 25.3 Å². The maximum Gasteiger partial charge on any atom is 0.183 e. The lowest BCUT2D eigenvalue weighted by molar-refractivity contribution is 0.416. The molecule has 32 heavy (non-hydrogen) atoms. The van der Waals surface area contributed by atoms with Crippen molar-refractivity contribution >= 4 is 16.8 Å². The first-order valence-corrected chi connectivity index (χ1v) is 10.5. The summed E-state index contributed by atoms with van der Waals surface area (Å²) < 4.78 is 24.5. The van der Waals surface area contributed by atoms with Crippen LogP contribution in [0.1, 0.15) is 32.4 Å². The van der Waals surface area contributed by atoms with Gasteiger partial charge >= 0.3 is 0 Å².